The van der Waals surface area contributed by atoms with Crippen molar-refractivity contribution in [2.24, 2.45) is 5.92 Å². The van der Waals surface area contributed by atoms with Gasteiger partial charge in [-0.05, 0) is 32.2 Å². The van der Waals surface area contributed by atoms with Crippen LogP contribution >= 0.6 is 0 Å². The van der Waals surface area contributed by atoms with E-state index in [-0.39, 0.29) is 5.91 Å². The van der Waals surface area contributed by atoms with Crippen LogP contribution in [-0.2, 0) is 11.3 Å². The molecule has 1 aliphatic rings. The minimum Gasteiger partial charge on any atom is -0.354 e. The third-order valence-corrected chi connectivity index (χ3v) is 3.94. The Labute approximate surface area is 120 Å². The summed E-state index contributed by atoms with van der Waals surface area (Å²) in [6.07, 6.45) is 6.16. The number of likely N-dealkylation sites (tertiary alicyclic amines) is 1. The SMILES string of the molecule is C[C@H]1CCCN([C@H](C)CNC(=O)CCn2cncn2)C1. The Morgan fingerprint density at radius 2 is 2.40 bits per heavy atom. The third-order valence-electron chi connectivity index (χ3n) is 3.94. The number of piperidine rings is 1. The molecule has 2 atom stereocenters. The summed E-state index contributed by atoms with van der Waals surface area (Å²) in [6.45, 7) is 8.10. The molecule has 2 rings (SSSR count). The molecule has 1 amide bonds. The van der Waals surface area contributed by atoms with Gasteiger partial charge in [-0.25, -0.2) is 4.98 Å². The van der Waals surface area contributed by atoms with E-state index in [4.69, 9.17) is 0 Å². The summed E-state index contributed by atoms with van der Waals surface area (Å²) in [7, 11) is 0. The minimum absolute atomic E-state index is 0.0809. The van der Waals surface area contributed by atoms with Crippen molar-refractivity contribution >= 4 is 5.91 Å². The Kier molecular flexibility index (Phi) is 5.52. The van der Waals surface area contributed by atoms with Crippen LogP contribution < -0.4 is 5.32 Å². The van der Waals surface area contributed by atoms with Crippen molar-refractivity contribution in [1.82, 2.24) is 25.0 Å². The number of carbonyl (C=O) groups excluding carboxylic acids is 1. The first-order valence-electron chi connectivity index (χ1n) is 7.48. The van der Waals surface area contributed by atoms with Crippen molar-refractivity contribution in [2.45, 2.75) is 45.7 Å². The quantitative estimate of drug-likeness (QED) is 0.840. The number of aromatic nitrogens is 3. The Hall–Kier alpha value is -1.43. The van der Waals surface area contributed by atoms with Crippen LogP contribution in [0.5, 0.6) is 0 Å². The summed E-state index contributed by atoms with van der Waals surface area (Å²) >= 11 is 0. The molecule has 0 saturated carbocycles. The van der Waals surface area contributed by atoms with Crippen LogP contribution in [0.1, 0.15) is 33.1 Å². The maximum absolute atomic E-state index is 11.8. The van der Waals surface area contributed by atoms with Gasteiger partial charge in [0.2, 0.25) is 5.91 Å². The van der Waals surface area contributed by atoms with Crippen LogP contribution in [0, 0.1) is 5.92 Å². The molecule has 1 saturated heterocycles. The lowest BCUT2D eigenvalue weighted by Crippen LogP contribution is -2.46. The van der Waals surface area contributed by atoms with Crippen LogP contribution in [0.25, 0.3) is 0 Å². The van der Waals surface area contributed by atoms with E-state index in [1.165, 1.54) is 19.2 Å². The molecule has 0 aliphatic carbocycles. The molecule has 0 bridgehead atoms. The maximum atomic E-state index is 11.8. The first-order chi connectivity index (χ1) is 9.65. The van der Waals surface area contributed by atoms with E-state index < -0.39 is 0 Å². The van der Waals surface area contributed by atoms with E-state index in [0.29, 0.717) is 19.0 Å². The smallest absolute Gasteiger partial charge is 0.221 e. The average molecular weight is 279 g/mol. The average Bonchev–Trinajstić information content (AvgIpc) is 2.95. The lowest BCUT2D eigenvalue weighted by atomic mass is 9.99. The van der Waals surface area contributed by atoms with Crippen LogP contribution in [0.2, 0.25) is 0 Å². The van der Waals surface area contributed by atoms with E-state index in [2.05, 4.69) is 34.1 Å². The Bertz CT molecular complexity index is 406. The molecule has 2 heterocycles. The second kappa shape index (κ2) is 7.38. The first kappa shape index (κ1) is 15.0. The first-order valence-corrected chi connectivity index (χ1v) is 7.48. The highest BCUT2D eigenvalue weighted by Crippen LogP contribution is 2.17. The third kappa shape index (κ3) is 4.59. The fourth-order valence-corrected chi connectivity index (χ4v) is 2.67. The Morgan fingerprint density at radius 1 is 1.55 bits per heavy atom. The van der Waals surface area contributed by atoms with Gasteiger partial charge in [-0.2, -0.15) is 5.10 Å². The van der Waals surface area contributed by atoms with E-state index in [0.717, 1.165) is 25.6 Å². The van der Waals surface area contributed by atoms with Crippen LogP contribution in [-0.4, -0.2) is 51.2 Å². The zero-order valence-electron chi connectivity index (χ0n) is 12.5. The summed E-state index contributed by atoms with van der Waals surface area (Å²) in [4.78, 5) is 18.1. The van der Waals surface area contributed by atoms with Gasteiger partial charge in [0.25, 0.3) is 0 Å². The summed E-state index contributed by atoms with van der Waals surface area (Å²) in [5.41, 5.74) is 0. The molecule has 1 aliphatic heterocycles. The van der Waals surface area contributed by atoms with Gasteiger partial charge >= 0.3 is 0 Å². The molecule has 0 radical (unpaired) electrons. The zero-order valence-corrected chi connectivity index (χ0v) is 12.5. The van der Waals surface area contributed by atoms with Gasteiger partial charge < -0.3 is 5.32 Å². The van der Waals surface area contributed by atoms with Gasteiger partial charge in [0.15, 0.2) is 0 Å². The summed E-state index contributed by atoms with van der Waals surface area (Å²) in [5, 5.41) is 7.00. The number of nitrogens with one attached hydrogen (secondary N) is 1. The van der Waals surface area contributed by atoms with Crippen molar-refractivity contribution in [3.8, 4) is 0 Å². The van der Waals surface area contributed by atoms with E-state index >= 15 is 0 Å². The van der Waals surface area contributed by atoms with Crippen molar-refractivity contribution < 1.29 is 4.79 Å². The van der Waals surface area contributed by atoms with Crippen LogP contribution in [0.3, 0.4) is 0 Å². The fourth-order valence-electron chi connectivity index (χ4n) is 2.67. The van der Waals surface area contributed by atoms with Gasteiger partial charge in [0.1, 0.15) is 12.7 Å². The monoisotopic (exact) mass is 279 g/mol. The molecule has 1 fully saturated rings. The number of hydrogen-bond donors (Lipinski definition) is 1. The van der Waals surface area contributed by atoms with Crippen molar-refractivity contribution in [1.29, 1.82) is 0 Å². The molecular weight excluding hydrogens is 254 g/mol. The second-order valence-electron chi connectivity index (χ2n) is 5.80. The van der Waals surface area contributed by atoms with Gasteiger partial charge in [-0.3, -0.25) is 14.4 Å². The molecular formula is C14H25N5O. The maximum Gasteiger partial charge on any atom is 0.221 e. The second-order valence-corrected chi connectivity index (χ2v) is 5.80. The normalized spacial score (nSPS) is 21.6. The largest absolute Gasteiger partial charge is 0.354 e. The standard InChI is InChI=1S/C14H25N5O/c1-12-4-3-6-18(9-12)13(2)8-16-14(20)5-7-19-11-15-10-17-19/h10-13H,3-9H2,1-2H3,(H,16,20)/t12-,13+/m0/s1. The molecule has 6 nitrogen and oxygen atoms in total. The molecule has 112 valence electrons. The molecule has 0 spiro atoms. The number of hydrogen-bond acceptors (Lipinski definition) is 4. The van der Waals surface area contributed by atoms with Crippen LogP contribution in [0.4, 0.5) is 0 Å². The highest BCUT2D eigenvalue weighted by molar-refractivity contribution is 5.75. The fraction of sp³-hybridized carbons (Fsp3) is 0.786. The molecule has 0 unspecified atom stereocenters. The topological polar surface area (TPSA) is 63.1 Å². The Balaban J connectivity index is 1.64. The molecule has 1 N–H and O–H groups in total. The number of carbonyl (C=O) groups is 1. The van der Waals surface area contributed by atoms with Gasteiger partial charge in [-0.15, -0.1) is 0 Å². The zero-order chi connectivity index (χ0) is 14.4. The molecule has 1 aromatic rings. The minimum atomic E-state index is 0.0809. The highest BCUT2D eigenvalue weighted by atomic mass is 16.1. The lowest BCUT2D eigenvalue weighted by molar-refractivity contribution is -0.121. The number of nitrogens with zero attached hydrogens (tertiary/aromatic N) is 4. The van der Waals surface area contributed by atoms with Crippen molar-refractivity contribution in [2.75, 3.05) is 19.6 Å². The summed E-state index contributed by atoms with van der Waals surface area (Å²) < 4.78 is 1.68. The van der Waals surface area contributed by atoms with Crippen molar-refractivity contribution in [3.63, 3.8) is 0 Å². The predicted octanol–water partition coefficient (Wildman–Crippen LogP) is 0.905. The van der Waals surface area contributed by atoms with E-state index in [1.807, 2.05) is 0 Å². The van der Waals surface area contributed by atoms with Crippen LogP contribution in [0.15, 0.2) is 12.7 Å². The number of rotatable bonds is 6. The van der Waals surface area contributed by atoms with E-state index in [1.54, 1.807) is 11.0 Å². The van der Waals surface area contributed by atoms with Crippen molar-refractivity contribution in [3.05, 3.63) is 12.7 Å². The molecule has 0 aromatic carbocycles. The molecule has 20 heavy (non-hydrogen) atoms. The van der Waals surface area contributed by atoms with E-state index in [9.17, 15) is 4.79 Å². The molecule has 1 aromatic heterocycles. The highest BCUT2D eigenvalue weighted by Gasteiger charge is 2.20. The summed E-state index contributed by atoms with van der Waals surface area (Å²) in [6, 6.07) is 0.410. The number of amides is 1. The van der Waals surface area contributed by atoms with Gasteiger partial charge in [-0.1, -0.05) is 6.92 Å². The molecule has 6 heteroatoms. The Morgan fingerprint density at radius 3 is 3.10 bits per heavy atom. The number of aryl methyl sites for hydroxylation is 1. The summed E-state index contributed by atoms with van der Waals surface area (Å²) in [5.74, 6) is 0.853. The predicted molar refractivity (Wildman–Crippen MR) is 77.1 cm³/mol. The van der Waals surface area contributed by atoms with Gasteiger partial charge in [0, 0.05) is 25.6 Å². The lowest BCUT2D eigenvalue weighted by Gasteiger charge is -2.35. The van der Waals surface area contributed by atoms with Gasteiger partial charge in [0.05, 0.1) is 6.54 Å².